The molecule has 0 aliphatic heterocycles. The Morgan fingerprint density at radius 1 is 0.912 bits per heavy atom. The Morgan fingerprint density at radius 3 is 1.97 bits per heavy atom. The molecule has 6 nitrogen and oxygen atoms in total. The number of ether oxygens (including phenoxy) is 3. The zero-order valence-corrected chi connectivity index (χ0v) is 26.0. The minimum Gasteiger partial charge on any atom is -0.479 e. The van der Waals surface area contributed by atoms with Crippen molar-refractivity contribution in [2.24, 2.45) is 5.92 Å². The third-order valence-corrected chi connectivity index (χ3v) is 9.39. The molecule has 9 heteroatoms. The predicted molar refractivity (Wildman–Crippen MR) is 153 cm³/mol. The van der Waals surface area contributed by atoms with Crippen LogP contribution in [0.2, 0.25) is 0 Å². The van der Waals surface area contributed by atoms with Gasteiger partial charge in [-0.25, -0.2) is 0 Å². The second kappa shape index (κ2) is 14.4. The topological polar surface area (TPSA) is 63.2 Å². The maximum atomic E-state index is 12.8. The van der Waals surface area contributed by atoms with Crippen molar-refractivity contribution in [3.05, 3.63) is 53.7 Å². The van der Waals surface area contributed by atoms with Crippen molar-refractivity contribution in [2.75, 3.05) is 33.0 Å². The van der Waals surface area contributed by atoms with Crippen LogP contribution in [-0.4, -0.2) is 33.0 Å². The molecule has 0 fully saturated rings. The van der Waals surface area contributed by atoms with Gasteiger partial charge in [-0.15, -0.1) is 0 Å². The van der Waals surface area contributed by atoms with Crippen LogP contribution in [0.3, 0.4) is 0 Å². The lowest BCUT2D eigenvalue weighted by atomic mass is 9.95. The molecule has 2 aromatic carbocycles. The van der Waals surface area contributed by atoms with E-state index in [1.165, 1.54) is 11.1 Å². The van der Waals surface area contributed by atoms with Gasteiger partial charge in [0.15, 0.2) is 13.1 Å². The van der Waals surface area contributed by atoms with Crippen LogP contribution in [0, 0.1) is 26.9 Å². The smallest absolute Gasteiger partial charge is 0.367 e. The number of benzene rings is 2. The molecule has 2 rings (SSSR count). The zero-order chi connectivity index (χ0) is 25.3. The molecule has 2 aromatic rings. The van der Waals surface area contributed by atoms with Crippen LogP contribution in [-0.2, 0) is 24.8 Å². The average molecular weight is 716 g/mol. The molecule has 0 aliphatic carbocycles. The van der Waals surface area contributed by atoms with Gasteiger partial charge in [0.25, 0.3) is 0 Å². The molecule has 0 spiro atoms. The zero-order valence-electron chi connectivity index (χ0n) is 20.8. The Kier molecular flexibility index (Phi) is 12.6. The van der Waals surface area contributed by atoms with Crippen LogP contribution in [0.5, 0.6) is 11.5 Å². The first-order chi connectivity index (χ1) is 16.1. The molecule has 0 saturated carbocycles. The quantitative estimate of drug-likeness (QED) is 0.0865. The van der Waals surface area contributed by atoms with E-state index >= 15 is 0 Å². The summed E-state index contributed by atoms with van der Waals surface area (Å²) >= 11 is 4.61. The minimum absolute atomic E-state index is 0.110. The Bertz CT molecular complexity index is 939. The van der Waals surface area contributed by atoms with Gasteiger partial charge in [0.05, 0.1) is 27.0 Å². The predicted octanol–water partition coefficient (Wildman–Crippen LogP) is 7.71. The van der Waals surface area contributed by atoms with E-state index in [2.05, 4.69) is 85.0 Å². The Morgan fingerprint density at radius 2 is 1.47 bits per heavy atom. The molecule has 34 heavy (non-hydrogen) atoms. The van der Waals surface area contributed by atoms with Crippen molar-refractivity contribution < 1.29 is 27.8 Å². The van der Waals surface area contributed by atoms with Crippen LogP contribution in [0.1, 0.15) is 49.9 Å². The molecule has 0 saturated heterocycles. The molecule has 190 valence electrons. The highest BCUT2D eigenvalue weighted by Gasteiger charge is 2.27. The third-order valence-electron chi connectivity index (χ3n) is 5.05. The third kappa shape index (κ3) is 8.62. The van der Waals surface area contributed by atoms with E-state index in [1.54, 1.807) is 13.8 Å². The van der Waals surface area contributed by atoms with E-state index in [4.69, 9.17) is 23.3 Å². The summed E-state index contributed by atoms with van der Waals surface area (Å²) in [5.74, 6) is 2.00. The molecule has 0 N–H and O–H groups in total. The molecule has 0 radical (unpaired) electrons. The highest BCUT2D eigenvalue weighted by atomic mass is 127. The van der Waals surface area contributed by atoms with Gasteiger partial charge >= 0.3 is 7.60 Å². The van der Waals surface area contributed by atoms with Gasteiger partial charge in [0, 0.05) is 0 Å². The standard InChI is InChI=1S/C25H35I2O6P/c1-7-32-34(28,33-8-2)16-31-25-23(26)18(5)22(19(6)24(25)27)13-20-9-11-21(12-10-20)30-15-29-14-17(3)4/h9-12,17H,7-8,13-16H2,1-6H3. The summed E-state index contributed by atoms with van der Waals surface area (Å²) in [6.45, 7) is 13.6. The van der Waals surface area contributed by atoms with Gasteiger partial charge in [-0.1, -0.05) is 26.0 Å². The lowest BCUT2D eigenvalue weighted by Gasteiger charge is -2.22. The summed E-state index contributed by atoms with van der Waals surface area (Å²) < 4.78 is 42.8. The van der Waals surface area contributed by atoms with E-state index in [9.17, 15) is 4.57 Å². The fraction of sp³-hybridized carbons (Fsp3) is 0.520. The highest BCUT2D eigenvalue weighted by molar-refractivity contribution is 14.1. The minimum atomic E-state index is -3.29. The van der Waals surface area contributed by atoms with E-state index in [-0.39, 0.29) is 13.1 Å². The summed E-state index contributed by atoms with van der Waals surface area (Å²) in [6.07, 6.45) is 0.686. The number of hydrogen-bond donors (Lipinski definition) is 0. The first-order valence-electron chi connectivity index (χ1n) is 11.4. The van der Waals surface area contributed by atoms with E-state index < -0.39 is 7.60 Å². The maximum absolute atomic E-state index is 12.8. The van der Waals surface area contributed by atoms with Crippen molar-refractivity contribution in [1.29, 1.82) is 0 Å². The molecule has 0 amide bonds. The van der Waals surface area contributed by atoms with Crippen LogP contribution < -0.4 is 9.47 Å². The Labute approximate surface area is 231 Å². The van der Waals surface area contributed by atoms with Gasteiger partial charge in [-0.3, -0.25) is 4.57 Å². The van der Waals surface area contributed by atoms with Crippen LogP contribution in [0.15, 0.2) is 24.3 Å². The number of hydrogen-bond acceptors (Lipinski definition) is 6. The Hall–Kier alpha value is -0.390. The fourth-order valence-corrected chi connectivity index (χ4v) is 6.64. The average Bonchev–Trinajstić information content (AvgIpc) is 2.79. The highest BCUT2D eigenvalue weighted by Crippen LogP contribution is 2.49. The normalized spacial score (nSPS) is 11.8. The first kappa shape index (κ1) is 29.8. The summed E-state index contributed by atoms with van der Waals surface area (Å²) in [6, 6.07) is 8.12. The summed E-state index contributed by atoms with van der Waals surface area (Å²) in [4.78, 5) is 0. The summed E-state index contributed by atoms with van der Waals surface area (Å²) in [5, 5.41) is 0. The first-order valence-corrected chi connectivity index (χ1v) is 15.3. The van der Waals surface area contributed by atoms with Gasteiger partial charge < -0.3 is 23.3 Å². The molecule has 0 bridgehead atoms. The second-order valence-electron chi connectivity index (χ2n) is 8.25. The van der Waals surface area contributed by atoms with Gasteiger partial charge in [0.1, 0.15) is 11.5 Å². The molecule has 0 unspecified atom stereocenters. The number of rotatable bonds is 14. The number of halogens is 2. The van der Waals surface area contributed by atoms with Gasteiger partial charge in [-0.2, -0.15) is 0 Å². The van der Waals surface area contributed by atoms with Crippen molar-refractivity contribution >= 4 is 52.8 Å². The van der Waals surface area contributed by atoms with E-state index in [1.807, 2.05) is 12.1 Å². The Balaban J connectivity index is 2.15. The van der Waals surface area contributed by atoms with Crippen LogP contribution >= 0.6 is 52.8 Å². The molecular formula is C25H35I2O6P. The van der Waals surface area contributed by atoms with Crippen molar-refractivity contribution in [3.63, 3.8) is 0 Å². The van der Waals surface area contributed by atoms with Gasteiger partial charge in [-0.05, 0) is 120 Å². The SMILES string of the molecule is CCOP(=O)(COc1c(I)c(C)c(Cc2ccc(OCOCC(C)C)cc2)c(C)c1I)OCC. The van der Waals surface area contributed by atoms with Crippen molar-refractivity contribution in [2.45, 2.75) is 48.0 Å². The molecule has 0 heterocycles. The van der Waals surface area contributed by atoms with E-state index in [0.717, 1.165) is 36.2 Å². The van der Waals surface area contributed by atoms with Crippen molar-refractivity contribution in [3.8, 4) is 11.5 Å². The monoisotopic (exact) mass is 716 g/mol. The van der Waals surface area contributed by atoms with Gasteiger partial charge in [0.2, 0.25) is 0 Å². The summed E-state index contributed by atoms with van der Waals surface area (Å²) in [5.41, 5.74) is 4.75. The van der Waals surface area contributed by atoms with Crippen molar-refractivity contribution in [1.82, 2.24) is 0 Å². The molecule has 0 aliphatic rings. The van der Waals surface area contributed by atoms with Crippen LogP contribution in [0.25, 0.3) is 0 Å². The molecule has 0 aromatic heterocycles. The molecule has 0 atom stereocenters. The molecular weight excluding hydrogens is 681 g/mol. The lowest BCUT2D eigenvalue weighted by Crippen LogP contribution is -2.10. The summed E-state index contributed by atoms with van der Waals surface area (Å²) in [7, 11) is -3.29. The maximum Gasteiger partial charge on any atom is 0.367 e. The lowest BCUT2D eigenvalue weighted by molar-refractivity contribution is 0.00272. The van der Waals surface area contributed by atoms with E-state index in [0.29, 0.717) is 25.7 Å². The fourth-order valence-electron chi connectivity index (χ4n) is 3.33. The largest absolute Gasteiger partial charge is 0.479 e. The van der Waals surface area contributed by atoms with Crippen LogP contribution in [0.4, 0.5) is 0 Å². The second-order valence-corrected chi connectivity index (χ2v) is 12.4.